The first-order valence-electron chi connectivity index (χ1n) is 10.6. The van der Waals surface area contributed by atoms with Crippen molar-refractivity contribution in [2.45, 2.75) is 51.1 Å². The lowest BCUT2D eigenvalue weighted by Crippen LogP contribution is -2.49. The van der Waals surface area contributed by atoms with Crippen LogP contribution in [-0.2, 0) is 0 Å². The van der Waals surface area contributed by atoms with Gasteiger partial charge >= 0.3 is 6.03 Å². The number of aryl methyl sites for hydroxylation is 1. The Morgan fingerprint density at radius 2 is 1.83 bits per heavy atom. The van der Waals surface area contributed by atoms with E-state index in [1.807, 2.05) is 25.1 Å². The SMILES string of the molecule is Cc1cccc(N2CCC(NC(=O)NC(c3ccc(F)cc3)C3CCC3)CC2)n1. The maximum Gasteiger partial charge on any atom is 0.315 e. The van der Waals surface area contributed by atoms with E-state index in [2.05, 4.69) is 20.5 Å². The summed E-state index contributed by atoms with van der Waals surface area (Å²) in [5.74, 6) is 1.19. The number of halogens is 1. The molecule has 1 saturated heterocycles. The van der Waals surface area contributed by atoms with E-state index in [4.69, 9.17) is 0 Å². The molecule has 0 radical (unpaired) electrons. The number of nitrogens with zero attached hydrogens (tertiary/aromatic N) is 2. The highest BCUT2D eigenvalue weighted by Crippen LogP contribution is 2.37. The molecule has 0 spiro atoms. The number of piperidine rings is 1. The smallest absolute Gasteiger partial charge is 0.315 e. The Bertz CT molecular complexity index is 829. The van der Waals surface area contributed by atoms with Crippen LogP contribution in [-0.4, -0.2) is 30.1 Å². The Hall–Kier alpha value is -2.63. The molecule has 1 aliphatic carbocycles. The topological polar surface area (TPSA) is 57.3 Å². The van der Waals surface area contributed by atoms with Crippen molar-refractivity contribution in [3.05, 3.63) is 59.5 Å². The summed E-state index contributed by atoms with van der Waals surface area (Å²) in [6.45, 7) is 3.76. The fourth-order valence-corrected chi connectivity index (χ4v) is 4.24. The molecule has 6 heteroatoms. The van der Waals surface area contributed by atoms with E-state index in [1.54, 1.807) is 12.1 Å². The zero-order valence-corrected chi connectivity index (χ0v) is 16.9. The summed E-state index contributed by atoms with van der Waals surface area (Å²) >= 11 is 0. The zero-order valence-electron chi connectivity index (χ0n) is 16.9. The number of benzene rings is 1. The number of hydrogen-bond donors (Lipinski definition) is 2. The second-order valence-electron chi connectivity index (χ2n) is 8.24. The van der Waals surface area contributed by atoms with Gasteiger partial charge in [-0.3, -0.25) is 0 Å². The number of carbonyl (C=O) groups excluding carboxylic acids is 1. The number of carbonyl (C=O) groups is 1. The molecule has 2 aromatic rings. The number of aromatic nitrogens is 1. The maximum atomic E-state index is 13.3. The van der Waals surface area contributed by atoms with Crippen LogP contribution in [0.3, 0.4) is 0 Å². The Labute approximate surface area is 171 Å². The van der Waals surface area contributed by atoms with Crippen molar-refractivity contribution in [2.75, 3.05) is 18.0 Å². The normalized spacial score (nSPS) is 18.8. The van der Waals surface area contributed by atoms with Gasteiger partial charge in [-0.05, 0) is 68.4 Å². The monoisotopic (exact) mass is 396 g/mol. The summed E-state index contributed by atoms with van der Waals surface area (Å²) in [5.41, 5.74) is 2.00. The van der Waals surface area contributed by atoms with Gasteiger partial charge < -0.3 is 15.5 Å². The molecule has 29 heavy (non-hydrogen) atoms. The molecule has 2 amide bonds. The molecule has 1 aliphatic heterocycles. The third-order valence-electron chi connectivity index (χ3n) is 6.16. The van der Waals surface area contributed by atoms with Gasteiger partial charge in [0.15, 0.2) is 0 Å². The minimum atomic E-state index is -0.250. The second-order valence-corrected chi connectivity index (χ2v) is 8.24. The highest BCUT2D eigenvalue weighted by molar-refractivity contribution is 5.75. The van der Waals surface area contributed by atoms with Gasteiger partial charge in [0.25, 0.3) is 0 Å². The van der Waals surface area contributed by atoms with Gasteiger partial charge in [0.1, 0.15) is 11.6 Å². The molecule has 2 aliphatic rings. The van der Waals surface area contributed by atoms with Crippen LogP contribution in [0.4, 0.5) is 15.0 Å². The Balaban J connectivity index is 1.31. The van der Waals surface area contributed by atoms with Gasteiger partial charge in [0.05, 0.1) is 6.04 Å². The lowest BCUT2D eigenvalue weighted by molar-refractivity contribution is 0.203. The third kappa shape index (κ3) is 4.86. The molecule has 154 valence electrons. The van der Waals surface area contributed by atoms with Gasteiger partial charge in [0.2, 0.25) is 0 Å². The zero-order chi connectivity index (χ0) is 20.2. The summed E-state index contributed by atoms with van der Waals surface area (Å²) in [7, 11) is 0. The first kappa shape index (κ1) is 19.7. The predicted octanol–water partition coefficient (Wildman–Crippen LogP) is 4.34. The van der Waals surface area contributed by atoms with Crippen LogP contribution in [0.25, 0.3) is 0 Å². The van der Waals surface area contributed by atoms with Crippen molar-refractivity contribution >= 4 is 11.8 Å². The molecule has 1 unspecified atom stereocenters. The molecular weight excluding hydrogens is 367 g/mol. The van der Waals surface area contributed by atoms with E-state index in [0.29, 0.717) is 5.92 Å². The van der Waals surface area contributed by atoms with Crippen molar-refractivity contribution in [2.24, 2.45) is 5.92 Å². The summed E-state index contributed by atoms with van der Waals surface area (Å²) in [5, 5.41) is 6.30. The molecule has 2 N–H and O–H groups in total. The molecule has 2 heterocycles. The Morgan fingerprint density at radius 1 is 1.10 bits per heavy atom. The maximum absolute atomic E-state index is 13.3. The van der Waals surface area contributed by atoms with Crippen molar-refractivity contribution in [1.82, 2.24) is 15.6 Å². The molecule has 0 bridgehead atoms. The van der Waals surface area contributed by atoms with Gasteiger partial charge in [-0.25, -0.2) is 14.2 Å². The first-order valence-corrected chi connectivity index (χ1v) is 10.6. The lowest BCUT2D eigenvalue weighted by Gasteiger charge is -2.36. The average Bonchev–Trinajstić information content (AvgIpc) is 2.67. The highest BCUT2D eigenvalue weighted by atomic mass is 19.1. The summed E-state index contributed by atoms with van der Waals surface area (Å²) in [4.78, 5) is 19.6. The van der Waals surface area contributed by atoms with Crippen molar-refractivity contribution in [3.63, 3.8) is 0 Å². The van der Waals surface area contributed by atoms with Crippen molar-refractivity contribution < 1.29 is 9.18 Å². The number of urea groups is 1. The fourth-order valence-electron chi connectivity index (χ4n) is 4.24. The van der Waals surface area contributed by atoms with Crippen molar-refractivity contribution in [1.29, 1.82) is 0 Å². The number of amides is 2. The van der Waals surface area contributed by atoms with Crippen LogP contribution in [0.15, 0.2) is 42.5 Å². The molecule has 1 aromatic carbocycles. The van der Waals surface area contributed by atoms with Crippen molar-refractivity contribution in [3.8, 4) is 0 Å². The minimum Gasteiger partial charge on any atom is -0.356 e. The molecule has 1 aromatic heterocycles. The number of pyridine rings is 1. The van der Waals surface area contributed by atoms with Crippen LogP contribution >= 0.6 is 0 Å². The predicted molar refractivity (Wildman–Crippen MR) is 112 cm³/mol. The minimum absolute atomic E-state index is 0.0547. The van der Waals surface area contributed by atoms with E-state index in [1.165, 1.54) is 18.6 Å². The second kappa shape index (κ2) is 8.80. The van der Waals surface area contributed by atoms with Gasteiger partial charge in [0, 0.05) is 24.8 Å². The Morgan fingerprint density at radius 3 is 2.45 bits per heavy atom. The largest absolute Gasteiger partial charge is 0.356 e. The lowest BCUT2D eigenvalue weighted by atomic mass is 9.77. The van der Waals surface area contributed by atoms with E-state index in [9.17, 15) is 9.18 Å². The highest BCUT2D eigenvalue weighted by Gasteiger charge is 2.30. The van der Waals surface area contributed by atoms with Crippen LogP contribution in [0, 0.1) is 18.7 Å². The van der Waals surface area contributed by atoms with Gasteiger partial charge in [-0.15, -0.1) is 0 Å². The molecule has 2 fully saturated rings. The van der Waals surface area contributed by atoms with Crippen LogP contribution < -0.4 is 15.5 Å². The third-order valence-corrected chi connectivity index (χ3v) is 6.16. The average molecular weight is 397 g/mol. The molecule has 1 saturated carbocycles. The van der Waals surface area contributed by atoms with Crippen LogP contribution in [0.2, 0.25) is 0 Å². The number of rotatable bonds is 5. The molecule has 4 rings (SSSR count). The van der Waals surface area contributed by atoms with E-state index in [0.717, 1.165) is 55.8 Å². The van der Waals surface area contributed by atoms with Crippen LogP contribution in [0.1, 0.15) is 49.4 Å². The van der Waals surface area contributed by atoms with E-state index in [-0.39, 0.29) is 23.9 Å². The number of anilines is 1. The summed E-state index contributed by atoms with van der Waals surface area (Å²) in [6, 6.07) is 12.6. The van der Waals surface area contributed by atoms with E-state index < -0.39 is 0 Å². The quantitative estimate of drug-likeness (QED) is 0.791. The summed E-state index contributed by atoms with van der Waals surface area (Å²) in [6.07, 6.45) is 5.19. The number of nitrogens with one attached hydrogen (secondary N) is 2. The standard InChI is InChI=1S/C23H29FN4O/c1-16-4-2-7-21(25-16)28-14-12-20(13-15-28)26-23(29)27-22(17-5-3-6-17)18-8-10-19(24)11-9-18/h2,4,7-11,17,20,22H,3,5-6,12-15H2,1H3,(H2,26,27,29). The number of hydrogen-bond acceptors (Lipinski definition) is 3. The van der Waals surface area contributed by atoms with Gasteiger partial charge in [-0.2, -0.15) is 0 Å². The van der Waals surface area contributed by atoms with Gasteiger partial charge in [-0.1, -0.05) is 24.6 Å². The van der Waals surface area contributed by atoms with E-state index >= 15 is 0 Å². The molecular formula is C23H29FN4O. The molecule has 1 atom stereocenters. The summed E-state index contributed by atoms with van der Waals surface area (Å²) < 4.78 is 13.3. The molecule has 5 nitrogen and oxygen atoms in total. The van der Waals surface area contributed by atoms with Crippen LogP contribution in [0.5, 0.6) is 0 Å². The first-order chi connectivity index (χ1) is 14.1. The Kier molecular flexibility index (Phi) is 5.97. The fraction of sp³-hybridized carbons (Fsp3) is 0.478.